The number of nitrogens with zero attached hydrogens (tertiary/aromatic N) is 1. The number of carboxylic acids is 1. The molecule has 5 heteroatoms. The molecule has 0 unspecified atom stereocenters. The number of benzene rings is 1. The maximum atomic E-state index is 10.9. The highest BCUT2D eigenvalue weighted by molar-refractivity contribution is 6.39. The average Bonchev–Trinajstić information content (AvgIpc) is 2.76. The van der Waals surface area contributed by atoms with Crippen molar-refractivity contribution in [3.8, 4) is 0 Å². The zero-order valence-corrected chi connectivity index (χ0v) is 12.0. The Morgan fingerprint density at radius 2 is 1.68 bits per heavy atom. The summed E-state index contributed by atoms with van der Waals surface area (Å²) in [6.45, 7) is 1.97. The topological polar surface area (TPSA) is 40.5 Å². The number of carbonyl (C=O) groups is 1. The SMILES string of the molecule is O=C(O)c1cc(Cl)c(N2CC3(CCCC3)C2)c(Cl)c1. The van der Waals surface area contributed by atoms with Crippen LogP contribution in [0.1, 0.15) is 36.0 Å². The van der Waals surface area contributed by atoms with Crippen molar-refractivity contribution in [2.45, 2.75) is 25.7 Å². The normalized spacial score (nSPS) is 20.6. The van der Waals surface area contributed by atoms with Crippen LogP contribution in [0.3, 0.4) is 0 Å². The molecule has 0 amide bonds. The van der Waals surface area contributed by atoms with Gasteiger partial charge in [-0.2, -0.15) is 0 Å². The van der Waals surface area contributed by atoms with Crippen molar-refractivity contribution in [1.29, 1.82) is 0 Å². The fourth-order valence-corrected chi connectivity index (χ4v) is 4.08. The van der Waals surface area contributed by atoms with Gasteiger partial charge in [-0.3, -0.25) is 0 Å². The molecule has 1 spiro atoms. The van der Waals surface area contributed by atoms with Crippen LogP contribution in [-0.4, -0.2) is 24.2 Å². The minimum absolute atomic E-state index is 0.134. The van der Waals surface area contributed by atoms with Crippen LogP contribution in [0.2, 0.25) is 10.0 Å². The second-order valence-electron chi connectivity index (χ2n) is 5.66. The average molecular weight is 300 g/mol. The van der Waals surface area contributed by atoms with E-state index >= 15 is 0 Å². The van der Waals surface area contributed by atoms with Crippen LogP contribution < -0.4 is 4.90 Å². The molecule has 0 bridgehead atoms. The lowest BCUT2D eigenvalue weighted by Crippen LogP contribution is -2.55. The number of halogens is 2. The first kappa shape index (κ1) is 13.1. The number of carboxylic acid groups (broad SMARTS) is 1. The van der Waals surface area contributed by atoms with Gasteiger partial charge in [0.05, 0.1) is 21.3 Å². The molecule has 1 saturated heterocycles. The van der Waals surface area contributed by atoms with E-state index in [9.17, 15) is 4.79 Å². The van der Waals surface area contributed by atoms with Gasteiger partial charge in [0.1, 0.15) is 0 Å². The van der Waals surface area contributed by atoms with E-state index in [4.69, 9.17) is 28.3 Å². The molecule has 0 aromatic heterocycles. The summed E-state index contributed by atoms with van der Waals surface area (Å²) in [5.74, 6) is -1.01. The highest BCUT2D eigenvalue weighted by Crippen LogP contribution is 2.49. The molecule has 1 aliphatic carbocycles. The highest BCUT2D eigenvalue weighted by atomic mass is 35.5. The van der Waals surface area contributed by atoms with Crippen molar-refractivity contribution < 1.29 is 9.90 Å². The lowest BCUT2D eigenvalue weighted by atomic mass is 9.78. The Morgan fingerprint density at radius 3 is 2.16 bits per heavy atom. The quantitative estimate of drug-likeness (QED) is 0.895. The molecular weight excluding hydrogens is 285 g/mol. The van der Waals surface area contributed by atoms with E-state index in [1.165, 1.54) is 37.8 Å². The molecule has 1 aromatic carbocycles. The second kappa shape index (κ2) is 4.57. The molecule has 1 aliphatic heterocycles. The first-order valence-corrected chi connectivity index (χ1v) is 7.24. The standard InChI is InChI=1S/C14H15Cl2NO2/c15-10-5-9(13(18)19)6-11(16)12(10)17-7-14(8-17)3-1-2-4-14/h5-6H,1-4,7-8H2,(H,18,19). The Balaban J connectivity index is 1.84. The first-order chi connectivity index (χ1) is 9.01. The molecule has 102 valence electrons. The molecule has 1 saturated carbocycles. The first-order valence-electron chi connectivity index (χ1n) is 6.48. The third-order valence-corrected chi connectivity index (χ3v) is 4.87. The summed E-state index contributed by atoms with van der Waals surface area (Å²) < 4.78 is 0. The number of anilines is 1. The molecule has 2 fully saturated rings. The van der Waals surface area contributed by atoms with Gasteiger partial charge in [0.25, 0.3) is 0 Å². The third kappa shape index (κ3) is 2.19. The minimum Gasteiger partial charge on any atom is -0.478 e. The smallest absolute Gasteiger partial charge is 0.335 e. The maximum Gasteiger partial charge on any atom is 0.335 e. The number of hydrogen-bond acceptors (Lipinski definition) is 2. The van der Waals surface area contributed by atoms with Gasteiger partial charge in [-0.1, -0.05) is 36.0 Å². The van der Waals surface area contributed by atoms with Crippen LogP contribution in [0.5, 0.6) is 0 Å². The van der Waals surface area contributed by atoms with Crippen molar-refractivity contribution in [2.24, 2.45) is 5.41 Å². The van der Waals surface area contributed by atoms with E-state index in [1.54, 1.807) is 0 Å². The zero-order chi connectivity index (χ0) is 13.6. The monoisotopic (exact) mass is 299 g/mol. The molecule has 2 aliphatic rings. The molecule has 1 aromatic rings. The zero-order valence-electron chi connectivity index (χ0n) is 10.5. The fraction of sp³-hybridized carbons (Fsp3) is 0.500. The van der Waals surface area contributed by atoms with Crippen molar-refractivity contribution in [3.63, 3.8) is 0 Å². The van der Waals surface area contributed by atoms with E-state index < -0.39 is 5.97 Å². The Hall–Kier alpha value is -0.930. The lowest BCUT2D eigenvalue weighted by molar-refractivity contribution is 0.0697. The van der Waals surface area contributed by atoms with Gasteiger partial charge < -0.3 is 10.0 Å². The number of rotatable bonds is 2. The second-order valence-corrected chi connectivity index (χ2v) is 6.47. The van der Waals surface area contributed by atoms with Crippen molar-refractivity contribution in [3.05, 3.63) is 27.7 Å². The van der Waals surface area contributed by atoms with Crippen LogP contribution >= 0.6 is 23.2 Å². The van der Waals surface area contributed by atoms with Crippen molar-refractivity contribution in [2.75, 3.05) is 18.0 Å². The Morgan fingerprint density at radius 1 is 1.16 bits per heavy atom. The summed E-state index contributed by atoms with van der Waals surface area (Å²) in [4.78, 5) is 13.1. The van der Waals surface area contributed by atoms with E-state index in [0.29, 0.717) is 15.5 Å². The van der Waals surface area contributed by atoms with E-state index in [2.05, 4.69) is 4.90 Å². The highest BCUT2D eigenvalue weighted by Gasteiger charge is 2.45. The number of hydrogen-bond donors (Lipinski definition) is 1. The van der Waals surface area contributed by atoms with Crippen LogP contribution in [0.15, 0.2) is 12.1 Å². The van der Waals surface area contributed by atoms with Crippen LogP contribution in [0, 0.1) is 5.41 Å². The van der Waals surface area contributed by atoms with Crippen LogP contribution in [0.25, 0.3) is 0 Å². The Kier molecular flexibility index (Phi) is 3.14. The van der Waals surface area contributed by atoms with E-state index in [-0.39, 0.29) is 5.56 Å². The molecule has 3 rings (SSSR count). The lowest BCUT2D eigenvalue weighted by Gasteiger charge is -2.50. The van der Waals surface area contributed by atoms with Gasteiger partial charge in [-0.15, -0.1) is 0 Å². The molecule has 0 radical (unpaired) electrons. The van der Waals surface area contributed by atoms with Crippen LogP contribution in [-0.2, 0) is 0 Å². The van der Waals surface area contributed by atoms with E-state index in [0.717, 1.165) is 18.8 Å². The summed E-state index contributed by atoms with van der Waals surface area (Å²) >= 11 is 12.4. The van der Waals surface area contributed by atoms with Gasteiger partial charge >= 0.3 is 5.97 Å². The largest absolute Gasteiger partial charge is 0.478 e. The molecule has 0 atom stereocenters. The summed E-state index contributed by atoms with van der Waals surface area (Å²) in [5.41, 5.74) is 1.37. The molecule has 19 heavy (non-hydrogen) atoms. The molecule has 1 N–H and O–H groups in total. The molecule has 1 heterocycles. The maximum absolute atomic E-state index is 10.9. The van der Waals surface area contributed by atoms with Crippen molar-refractivity contribution in [1.82, 2.24) is 0 Å². The summed E-state index contributed by atoms with van der Waals surface area (Å²) in [6, 6.07) is 2.95. The summed E-state index contributed by atoms with van der Waals surface area (Å²) in [6.07, 6.45) is 5.19. The van der Waals surface area contributed by atoms with Gasteiger partial charge in [0.15, 0.2) is 0 Å². The van der Waals surface area contributed by atoms with Gasteiger partial charge in [0.2, 0.25) is 0 Å². The van der Waals surface area contributed by atoms with Crippen molar-refractivity contribution >= 4 is 34.9 Å². The van der Waals surface area contributed by atoms with E-state index in [1.807, 2.05) is 0 Å². The fourth-order valence-electron chi connectivity index (χ4n) is 3.35. The van der Waals surface area contributed by atoms with Crippen LogP contribution in [0.4, 0.5) is 5.69 Å². The predicted molar refractivity (Wildman–Crippen MR) is 76.5 cm³/mol. The Bertz CT molecular complexity index is 507. The predicted octanol–water partition coefficient (Wildman–Crippen LogP) is 4.07. The van der Waals surface area contributed by atoms with Gasteiger partial charge in [-0.25, -0.2) is 4.79 Å². The Labute approximate surface area is 122 Å². The van der Waals surface area contributed by atoms with Gasteiger partial charge in [-0.05, 0) is 25.0 Å². The molecule has 3 nitrogen and oxygen atoms in total. The van der Waals surface area contributed by atoms with Gasteiger partial charge in [0, 0.05) is 18.5 Å². The third-order valence-electron chi connectivity index (χ3n) is 4.30. The minimum atomic E-state index is -1.01. The molecular formula is C14H15Cl2NO2. The summed E-state index contributed by atoms with van der Waals surface area (Å²) in [5, 5.41) is 9.83. The number of aromatic carboxylic acids is 1. The summed E-state index contributed by atoms with van der Waals surface area (Å²) in [7, 11) is 0.